The Hall–Kier alpha value is -0.460. The van der Waals surface area contributed by atoms with Gasteiger partial charge in [-0.2, -0.15) is 5.26 Å². The number of hydrogen-bond acceptors (Lipinski definition) is 2. The van der Waals surface area contributed by atoms with Crippen molar-refractivity contribution in [2.45, 2.75) is 48.4 Å². The molecule has 0 aliphatic heterocycles. The fraction of sp³-hybridized carbons (Fsp3) is 0.818. The molecule has 1 N–H and O–H groups in total. The highest BCUT2D eigenvalue weighted by Crippen LogP contribution is 2.42. The van der Waals surface area contributed by atoms with E-state index in [1.54, 1.807) is 0 Å². The molecular formula is C11H14Cl2N2O. The molecule has 5 heteroatoms. The zero-order valence-electron chi connectivity index (χ0n) is 8.93. The van der Waals surface area contributed by atoms with Crippen molar-refractivity contribution in [2.75, 3.05) is 0 Å². The molecule has 88 valence electrons. The second-order valence-electron chi connectivity index (χ2n) is 4.83. The van der Waals surface area contributed by atoms with Crippen LogP contribution in [-0.2, 0) is 4.79 Å². The Kier molecular flexibility index (Phi) is 3.07. The van der Waals surface area contributed by atoms with Gasteiger partial charge in [0.25, 0.3) is 0 Å². The van der Waals surface area contributed by atoms with Crippen molar-refractivity contribution in [3.63, 3.8) is 0 Å². The third kappa shape index (κ3) is 2.61. The second kappa shape index (κ2) is 4.09. The van der Waals surface area contributed by atoms with E-state index in [1.807, 2.05) is 0 Å². The summed E-state index contributed by atoms with van der Waals surface area (Å²) in [6.07, 6.45) is 4.43. The monoisotopic (exact) mass is 260 g/mol. The number of hydrogen-bond donors (Lipinski definition) is 1. The van der Waals surface area contributed by atoms with E-state index >= 15 is 0 Å². The van der Waals surface area contributed by atoms with Crippen molar-refractivity contribution in [1.82, 2.24) is 5.32 Å². The highest BCUT2D eigenvalue weighted by atomic mass is 35.5. The maximum absolute atomic E-state index is 11.9. The quantitative estimate of drug-likeness (QED) is 0.776. The third-order valence-corrected chi connectivity index (χ3v) is 4.02. The fourth-order valence-corrected chi connectivity index (χ4v) is 2.76. The number of carbonyl (C=O) groups is 1. The van der Waals surface area contributed by atoms with E-state index in [0.717, 1.165) is 32.1 Å². The van der Waals surface area contributed by atoms with Gasteiger partial charge < -0.3 is 5.32 Å². The molecule has 0 aromatic heterocycles. The first-order valence-electron chi connectivity index (χ1n) is 5.58. The van der Waals surface area contributed by atoms with E-state index in [4.69, 9.17) is 28.5 Å². The Morgan fingerprint density at radius 3 is 2.56 bits per heavy atom. The van der Waals surface area contributed by atoms with E-state index in [0.29, 0.717) is 6.42 Å². The van der Waals surface area contributed by atoms with Crippen LogP contribution in [0.4, 0.5) is 0 Å². The Labute approximate surface area is 105 Å². The number of carbonyl (C=O) groups excluding carboxylic acids is 1. The summed E-state index contributed by atoms with van der Waals surface area (Å²) < 4.78 is -0.774. The molecule has 0 spiro atoms. The van der Waals surface area contributed by atoms with Gasteiger partial charge >= 0.3 is 0 Å². The molecule has 1 atom stereocenters. The Bertz CT molecular complexity index is 344. The molecule has 0 aromatic rings. The van der Waals surface area contributed by atoms with E-state index in [2.05, 4.69) is 11.4 Å². The SMILES string of the molecule is N#CC1(NC(=O)[C@H]2CCCC(Cl)(Cl)C2)CC1. The Morgan fingerprint density at radius 2 is 2.06 bits per heavy atom. The third-order valence-electron chi connectivity index (χ3n) is 3.34. The van der Waals surface area contributed by atoms with Crippen LogP contribution in [0.15, 0.2) is 0 Å². The molecular weight excluding hydrogens is 247 g/mol. The topological polar surface area (TPSA) is 52.9 Å². The minimum absolute atomic E-state index is 0.0653. The molecule has 2 aliphatic rings. The number of amides is 1. The van der Waals surface area contributed by atoms with Gasteiger partial charge in [0, 0.05) is 5.92 Å². The fourth-order valence-electron chi connectivity index (χ4n) is 2.12. The van der Waals surface area contributed by atoms with Gasteiger partial charge in [-0.1, -0.05) is 0 Å². The molecule has 2 rings (SSSR count). The summed E-state index contributed by atoms with van der Waals surface area (Å²) >= 11 is 12.1. The molecule has 0 aromatic carbocycles. The summed E-state index contributed by atoms with van der Waals surface area (Å²) in [6.45, 7) is 0. The van der Waals surface area contributed by atoms with Crippen LogP contribution in [0.3, 0.4) is 0 Å². The molecule has 2 saturated carbocycles. The lowest BCUT2D eigenvalue weighted by Crippen LogP contribution is -2.42. The lowest BCUT2D eigenvalue weighted by atomic mass is 9.87. The van der Waals surface area contributed by atoms with Gasteiger partial charge in [-0.15, -0.1) is 23.2 Å². The number of nitriles is 1. The summed E-state index contributed by atoms with van der Waals surface area (Å²) in [5.74, 6) is -0.209. The maximum atomic E-state index is 11.9. The predicted molar refractivity (Wildman–Crippen MR) is 62.1 cm³/mol. The molecule has 3 nitrogen and oxygen atoms in total. The van der Waals surface area contributed by atoms with Crippen molar-refractivity contribution >= 4 is 29.1 Å². The Morgan fingerprint density at radius 1 is 1.38 bits per heavy atom. The van der Waals surface area contributed by atoms with Gasteiger partial charge in [0.05, 0.1) is 6.07 Å². The molecule has 1 amide bonds. The van der Waals surface area contributed by atoms with Gasteiger partial charge in [0.2, 0.25) is 5.91 Å². The first kappa shape index (κ1) is 12.0. The van der Waals surface area contributed by atoms with Gasteiger partial charge in [-0.05, 0) is 38.5 Å². The van der Waals surface area contributed by atoms with Crippen molar-refractivity contribution in [3.05, 3.63) is 0 Å². The number of alkyl halides is 2. The van der Waals surface area contributed by atoms with Crippen LogP contribution in [0, 0.1) is 17.2 Å². The smallest absolute Gasteiger partial charge is 0.224 e. The van der Waals surface area contributed by atoms with Gasteiger partial charge in [0.15, 0.2) is 0 Å². The highest BCUT2D eigenvalue weighted by Gasteiger charge is 2.46. The molecule has 16 heavy (non-hydrogen) atoms. The standard InChI is InChI=1S/C11H14Cl2N2O/c12-11(13)3-1-2-8(6-11)9(16)15-10(7-14)4-5-10/h8H,1-6H2,(H,15,16)/t8-/m0/s1. The molecule has 0 heterocycles. The van der Waals surface area contributed by atoms with Gasteiger partial charge in [-0.25, -0.2) is 0 Å². The molecule has 0 unspecified atom stereocenters. The summed E-state index contributed by atoms with van der Waals surface area (Å²) in [5, 5.41) is 11.7. The van der Waals surface area contributed by atoms with E-state index < -0.39 is 9.87 Å². The zero-order valence-corrected chi connectivity index (χ0v) is 10.4. The van der Waals surface area contributed by atoms with E-state index in [9.17, 15) is 4.79 Å². The normalized spacial score (nSPS) is 30.2. The minimum Gasteiger partial charge on any atom is -0.338 e. The number of halogens is 2. The van der Waals surface area contributed by atoms with Crippen molar-refractivity contribution in [1.29, 1.82) is 5.26 Å². The molecule has 0 saturated heterocycles. The predicted octanol–water partition coefficient (Wildman–Crippen LogP) is 2.52. The zero-order chi connectivity index (χ0) is 11.8. The molecule has 0 radical (unpaired) electrons. The van der Waals surface area contributed by atoms with Crippen molar-refractivity contribution in [3.8, 4) is 6.07 Å². The minimum atomic E-state index is -0.774. The number of nitrogens with zero attached hydrogens (tertiary/aromatic N) is 1. The van der Waals surface area contributed by atoms with Crippen LogP contribution in [0.5, 0.6) is 0 Å². The molecule has 0 bridgehead atoms. The average molecular weight is 261 g/mol. The molecule has 2 aliphatic carbocycles. The number of nitrogens with one attached hydrogen (secondary N) is 1. The first-order valence-corrected chi connectivity index (χ1v) is 6.33. The summed E-state index contributed by atoms with van der Waals surface area (Å²) in [6, 6.07) is 2.15. The van der Waals surface area contributed by atoms with Gasteiger partial charge in [-0.3, -0.25) is 4.79 Å². The number of rotatable bonds is 2. The van der Waals surface area contributed by atoms with E-state index in [1.165, 1.54) is 0 Å². The van der Waals surface area contributed by atoms with Crippen molar-refractivity contribution in [2.24, 2.45) is 5.92 Å². The lowest BCUT2D eigenvalue weighted by Gasteiger charge is -2.30. The summed E-state index contributed by atoms with van der Waals surface area (Å²) in [4.78, 5) is 11.9. The van der Waals surface area contributed by atoms with Crippen LogP contribution in [0.2, 0.25) is 0 Å². The van der Waals surface area contributed by atoms with Crippen molar-refractivity contribution < 1.29 is 4.79 Å². The van der Waals surface area contributed by atoms with Gasteiger partial charge in [0.1, 0.15) is 9.87 Å². The van der Waals surface area contributed by atoms with Crippen LogP contribution >= 0.6 is 23.2 Å². The first-order chi connectivity index (χ1) is 7.46. The average Bonchev–Trinajstić information content (AvgIpc) is 2.97. The van der Waals surface area contributed by atoms with Crippen LogP contribution < -0.4 is 5.32 Å². The van der Waals surface area contributed by atoms with Crippen LogP contribution in [0.1, 0.15) is 38.5 Å². The second-order valence-corrected chi connectivity index (χ2v) is 6.47. The Balaban J connectivity index is 1.93. The largest absolute Gasteiger partial charge is 0.338 e. The van der Waals surface area contributed by atoms with Crippen LogP contribution in [-0.4, -0.2) is 15.8 Å². The highest BCUT2D eigenvalue weighted by molar-refractivity contribution is 6.48. The maximum Gasteiger partial charge on any atom is 0.224 e. The lowest BCUT2D eigenvalue weighted by molar-refractivity contribution is -0.126. The summed E-state index contributed by atoms with van der Waals surface area (Å²) in [7, 11) is 0. The summed E-state index contributed by atoms with van der Waals surface area (Å²) in [5.41, 5.74) is -0.587. The van der Waals surface area contributed by atoms with E-state index in [-0.39, 0.29) is 11.8 Å². The molecule has 2 fully saturated rings. The van der Waals surface area contributed by atoms with Crippen LogP contribution in [0.25, 0.3) is 0 Å².